The monoisotopic (exact) mass is 416 g/mol. The quantitative estimate of drug-likeness (QED) is 0.406. The molecule has 0 unspecified atom stereocenters. The molecule has 0 saturated carbocycles. The molecule has 0 saturated heterocycles. The summed E-state index contributed by atoms with van der Waals surface area (Å²) in [5.41, 5.74) is 2.84. The van der Waals surface area contributed by atoms with Crippen LogP contribution in [0.4, 0.5) is 0 Å². The number of ether oxygens (including phenoxy) is 1. The molecule has 3 aromatic rings. The zero-order valence-corrected chi connectivity index (χ0v) is 17.1. The van der Waals surface area contributed by atoms with Crippen molar-refractivity contribution in [2.45, 2.75) is 13.0 Å². The van der Waals surface area contributed by atoms with Gasteiger partial charge in [-0.3, -0.25) is 4.79 Å². The number of halogens is 1. The van der Waals surface area contributed by atoms with Gasteiger partial charge in [0.25, 0.3) is 5.91 Å². The molecule has 3 aromatic carbocycles. The number of benzene rings is 3. The van der Waals surface area contributed by atoms with Crippen LogP contribution in [0.15, 0.2) is 84.4 Å². The molecule has 1 N–H and O–H groups in total. The van der Waals surface area contributed by atoms with E-state index in [0.29, 0.717) is 30.3 Å². The van der Waals surface area contributed by atoms with Crippen LogP contribution in [-0.2, 0) is 17.8 Å². The van der Waals surface area contributed by atoms with E-state index >= 15 is 0 Å². The predicted molar refractivity (Wildman–Crippen MR) is 119 cm³/mol. The molecular weight excluding hydrogens is 396 g/mol. The second-order valence-corrected chi connectivity index (χ2v) is 7.02. The number of rotatable bonds is 8. The van der Waals surface area contributed by atoms with Crippen LogP contribution in [0.5, 0.6) is 5.75 Å². The molecular formula is C25H21ClN2O2. The predicted octanol–water partition coefficient (Wildman–Crippen LogP) is 5.18. The molecule has 0 heterocycles. The summed E-state index contributed by atoms with van der Waals surface area (Å²) in [6.45, 7) is 0.832. The lowest BCUT2D eigenvalue weighted by Crippen LogP contribution is -2.26. The first-order valence-electron chi connectivity index (χ1n) is 9.56. The summed E-state index contributed by atoms with van der Waals surface area (Å²) in [5.74, 6) is 0.297. The normalized spacial score (nSPS) is 10.9. The van der Waals surface area contributed by atoms with Crippen molar-refractivity contribution < 1.29 is 9.53 Å². The molecule has 30 heavy (non-hydrogen) atoms. The van der Waals surface area contributed by atoms with Crippen LogP contribution in [0, 0.1) is 11.3 Å². The lowest BCUT2D eigenvalue weighted by atomic mass is 10.1. The van der Waals surface area contributed by atoms with Gasteiger partial charge in [-0.1, -0.05) is 72.3 Å². The van der Waals surface area contributed by atoms with Crippen LogP contribution in [0.2, 0.25) is 5.02 Å². The van der Waals surface area contributed by atoms with Gasteiger partial charge in [-0.2, -0.15) is 5.26 Å². The minimum atomic E-state index is -0.382. The summed E-state index contributed by atoms with van der Waals surface area (Å²) >= 11 is 6.13. The van der Waals surface area contributed by atoms with Gasteiger partial charge in [0.1, 0.15) is 24.0 Å². The number of hydrogen-bond donors (Lipinski definition) is 1. The Morgan fingerprint density at radius 2 is 1.70 bits per heavy atom. The van der Waals surface area contributed by atoms with E-state index in [2.05, 4.69) is 5.32 Å². The van der Waals surface area contributed by atoms with E-state index < -0.39 is 0 Å². The van der Waals surface area contributed by atoms with Crippen molar-refractivity contribution in [2.75, 3.05) is 6.54 Å². The van der Waals surface area contributed by atoms with E-state index in [0.717, 1.165) is 16.7 Å². The van der Waals surface area contributed by atoms with Gasteiger partial charge in [0.15, 0.2) is 0 Å². The summed E-state index contributed by atoms with van der Waals surface area (Å²) in [7, 11) is 0. The van der Waals surface area contributed by atoms with E-state index in [9.17, 15) is 10.1 Å². The van der Waals surface area contributed by atoms with E-state index in [4.69, 9.17) is 16.3 Å². The summed E-state index contributed by atoms with van der Waals surface area (Å²) in [6, 6.07) is 26.6. The van der Waals surface area contributed by atoms with Gasteiger partial charge < -0.3 is 10.1 Å². The van der Waals surface area contributed by atoms with Gasteiger partial charge in [0, 0.05) is 17.1 Å². The summed E-state index contributed by atoms with van der Waals surface area (Å²) < 4.78 is 5.75. The second kappa shape index (κ2) is 10.8. The Hall–Kier alpha value is -3.55. The maximum absolute atomic E-state index is 12.3. The second-order valence-electron chi connectivity index (χ2n) is 6.61. The largest absolute Gasteiger partial charge is 0.489 e. The van der Waals surface area contributed by atoms with Crippen molar-refractivity contribution in [3.8, 4) is 11.8 Å². The molecule has 1 amide bonds. The average molecular weight is 417 g/mol. The van der Waals surface area contributed by atoms with Crippen LogP contribution in [-0.4, -0.2) is 12.5 Å². The van der Waals surface area contributed by atoms with Gasteiger partial charge >= 0.3 is 0 Å². The molecule has 0 radical (unpaired) electrons. The molecule has 0 aliphatic rings. The van der Waals surface area contributed by atoms with Crippen LogP contribution in [0.3, 0.4) is 0 Å². The van der Waals surface area contributed by atoms with Crippen LogP contribution >= 0.6 is 11.6 Å². The van der Waals surface area contributed by atoms with Gasteiger partial charge in [-0.15, -0.1) is 0 Å². The molecule has 3 rings (SSSR count). The Morgan fingerprint density at radius 1 is 1.00 bits per heavy atom. The van der Waals surface area contributed by atoms with E-state index in [1.54, 1.807) is 30.3 Å². The molecule has 0 spiro atoms. The molecule has 0 atom stereocenters. The van der Waals surface area contributed by atoms with Crippen LogP contribution in [0.1, 0.15) is 16.7 Å². The highest BCUT2D eigenvalue weighted by atomic mass is 35.5. The maximum Gasteiger partial charge on any atom is 0.261 e. The zero-order chi connectivity index (χ0) is 21.2. The standard InChI is InChI=1S/C25H21ClN2O2/c26-24-9-5-4-8-21(24)18-30-23-12-10-20(11-13-23)16-22(17-27)25(29)28-15-14-19-6-2-1-3-7-19/h1-13,16H,14-15,18H2,(H,28,29)/b22-16-. The maximum atomic E-state index is 12.3. The topological polar surface area (TPSA) is 62.1 Å². The van der Waals surface area contributed by atoms with Crippen molar-refractivity contribution in [3.63, 3.8) is 0 Å². The first kappa shape index (κ1) is 21.2. The number of nitriles is 1. The molecule has 0 aliphatic heterocycles. The highest BCUT2D eigenvalue weighted by Gasteiger charge is 2.08. The van der Waals surface area contributed by atoms with Crippen molar-refractivity contribution in [2.24, 2.45) is 0 Å². The van der Waals surface area contributed by atoms with Crippen molar-refractivity contribution in [3.05, 3.63) is 106 Å². The van der Waals surface area contributed by atoms with Gasteiger partial charge in [-0.25, -0.2) is 0 Å². The lowest BCUT2D eigenvalue weighted by molar-refractivity contribution is -0.117. The Balaban J connectivity index is 1.55. The van der Waals surface area contributed by atoms with Gasteiger partial charge in [-0.05, 0) is 41.8 Å². The van der Waals surface area contributed by atoms with Crippen molar-refractivity contribution >= 4 is 23.6 Å². The third-order valence-electron chi connectivity index (χ3n) is 4.45. The summed E-state index contributed by atoms with van der Waals surface area (Å²) in [4.78, 5) is 12.3. The molecule has 0 aromatic heterocycles. The Labute approximate surface area is 181 Å². The number of carbonyl (C=O) groups is 1. The van der Waals surface area contributed by atoms with E-state index in [1.807, 2.05) is 60.7 Å². The molecule has 150 valence electrons. The number of amides is 1. The SMILES string of the molecule is N#C/C(=C/c1ccc(OCc2ccccc2Cl)cc1)C(=O)NCCc1ccccc1. The number of nitrogens with zero attached hydrogens (tertiary/aromatic N) is 1. The van der Waals surface area contributed by atoms with Crippen molar-refractivity contribution in [1.82, 2.24) is 5.32 Å². The fourth-order valence-electron chi connectivity index (χ4n) is 2.81. The fourth-order valence-corrected chi connectivity index (χ4v) is 3.00. The van der Waals surface area contributed by atoms with Gasteiger partial charge in [0.05, 0.1) is 0 Å². The Morgan fingerprint density at radius 3 is 2.40 bits per heavy atom. The first-order chi connectivity index (χ1) is 14.7. The van der Waals surface area contributed by atoms with E-state index in [1.165, 1.54) is 0 Å². The van der Waals surface area contributed by atoms with Crippen molar-refractivity contribution in [1.29, 1.82) is 5.26 Å². The molecule has 5 heteroatoms. The van der Waals surface area contributed by atoms with Crippen LogP contribution < -0.4 is 10.1 Å². The molecule has 4 nitrogen and oxygen atoms in total. The number of carbonyl (C=O) groups excluding carboxylic acids is 1. The Bertz CT molecular complexity index is 1050. The number of nitrogens with one attached hydrogen (secondary N) is 1. The first-order valence-corrected chi connectivity index (χ1v) is 9.93. The smallest absolute Gasteiger partial charge is 0.261 e. The number of hydrogen-bond acceptors (Lipinski definition) is 3. The minimum absolute atomic E-state index is 0.0628. The summed E-state index contributed by atoms with van der Waals surface area (Å²) in [5, 5.41) is 12.8. The average Bonchev–Trinajstić information content (AvgIpc) is 2.78. The highest BCUT2D eigenvalue weighted by Crippen LogP contribution is 2.19. The zero-order valence-electron chi connectivity index (χ0n) is 16.3. The van der Waals surface area contributed by atoms with Crippen LogP contribution in [0.25, 0.3) is 6.08 Å². The Kier molecular flexibility index (Phi) is 7.65. The molecule has 0 bridgehead atoms. The third-order valence-corrected chi connectivity index (χ3v) is 4.82. The summed E-state index contributed by atoms with van der Waals surface area (Å²) in [6.07, 6.45) is 2.28. The fraction of sp³-hybridized carbons (Fsp3) is 0.120. The lowest BCUT2D eigenvalue weighted by Gasteiger charge is -2.08. The molecule has 0 aliphatic carbocycles. The van der Waals surface area contributed by atoms with Gasteiger partial charge in [0.2, 0.25) is 0 Å². The third kappa shape index (κ3) is 6.23. The molecule has 0 fully saturated rings. The minimum Gasteiger partial charge on any atom is -0.489 e. The van der Waals surface area contributed by atoms with E-state index in [-0.39, 0.29) is 11.5 Å². The highest BCUT2D eigenvalue weighted by molar-refractivity contribution is 6.31.